The number of hydrogen-bond donors (Lipinski definition) is 0. The molecule has 0 spiro atoms. The van der Waals surface area contributed by atoms with Crippen LogP contribution in [0.1, 0.15) is 12.5 Å². The predicted molar refractivity (Wildman–Crippen MR) is 90.7 cm³/mol. The monoisotopic (exact) mass is 330 g/mol. The third-order valence-electron chi connectivity index (χ3n) is 3.45. The Labute approximate surface area is 142 Å². The SMILES string of the molecule is CCOC(=O)C(Cc1ccccc1)Oc1cccc(OC)c1OC. The molecule has 0 aliphatic heterocycles. The predicted octanol–water partition coefficient (Wildman–Crippen LogP) is 3.26. The van der Waals surface area contributed by atoms with Crippen LogP contribution in [0.4, 0.5) is 0 Å². The standard InChI is InChI=1S/C19H22O5/c1-4-23-19(20)17(13-14-9-6-5-7-10-14)24-16-12-8-11-15(21-2)18(16)22-3/h5-12,17H,4,13H2,1-3H3. The van der Waals surface area contributed by atoms with Gasteiger partial charge in [0.25, 0.3) is 0 Å². The van der Waals surface area contributed by atoms with E-state index in [-0.39, 0.29) is 0 Å². The van der Waals surface area contributed by atoms with Crippen LogP contribution in [0.3, 0.4) is 0 Å². The van der Waals surface area contributed by atoms with E-state index in [1.807, 2.05) is 30.3 Å². The van der Waals surface area contributed by atoms with Gasteiger partial charge in [-0.15, -0.1) is 0 Å². The average Bonchev–Trinajstić information content (AvgIpc) is 2.62. The van der Waals surface area contributed by atoms with Crippen molar-refractivity contribution in [1.82, 2.24) is 0 Å². The zero-order valence-corrected chi connectivity index (χ0v) is 14.2. The second kappa shape index (κ2) is 8.82. The Morgan fingerprint density at radius 1 is 0.958 bits per heavy atom. The van der Waals surface area contributed by atoms with Crippen molar-refractivity contribution < 1.29 is 23.7 Å². The van der Waals surface area contributed by atoms with E-state index in [9.17, 15) is 4.79 Å². The van der Waals surface area contributed by atoms with Gasteiger partial charge in [0.2, 0.25) is 5.75 Å². The van der Waals surface area contributed by atoms with E-state index in [2.05, 4.69) is 0 Å². The summed E-state index contributed by atoms with van der Waals surface area (Å²) in [6.45, 7) is 2.06. The van der Waals surface area contributed by atoms with E-state index in [1.54, 1.807) is 32.2 Å². The summed E-state index contributed by atoms with van der Waals surface area (Å²) in [5.41, 5.74) is 0.984. The van der Waals surface area contributed by atoms with Crippen LogP contribution in [0.2, 0.25) is 0 Å². The van der Waals surface area contributed by atoms with Gasteiger partial charge in [0, 0.05) is 6.42 Å². The van der Waals surface area contributed by atoms with Crippen LogP contribution in [0.5, 0.6) is 17.2 Å². The molecule has 5 heteroatoms. The maximum atomic E-state index is 12.3. The molecular weight excluding hydrogens is 308 g/mol. The van der Waals surface area contributed by atoms with Gasteiger partial charge in [-0.1, -0.05) is 36.4 Å². The van der Waals surface area contributed by atoms with E-state index < -0.39 is 12.1 Å². The second-order valence-corrected chi connectivity index (χ2v) is 5.04. The number of carbonyl (C=O) groups is 1. The van der Waals surface area contributed by atoms with E-state index in [0.717, 1.165) is 5.56 Å². The quantitative estimate of drug-likeness (QED) is 0.696. The normalized spacial score (nSPS) is 11.5. The third-order valence-corrected chi connectivity index (χ3v) is 3.45. The smallest absolute Gasteiger partial charge is 0.347 e. The van der Waals surface area contributed by atoms with Crippen molar-refractivity contribution in [2.24, 2.45) is 0 Å². The highest BCUT2D eigenvalue weighted by molar-refractivity contribution is 5.75. The molecule has 0 aliphatic rings. The molecule has 0 bridgehead atoms. The molecule has 0 amide bonds. The molecule has 0 saturated carbocycles. The van der Waals surface area contributed by atoms with E-state index in [0.29, 0.717) is 30.3 Å². The number of esters is 1. The van der Waals surface area contributed by atoms with Crippen LogP contribution in [0, 0.1) is 0 Å². The molecular formula is C19H22O5. The van der Waals surface area contributed by atoms with Crippen molar-refractivity contribution in [3.8, 4) is 17.2 Å². The molecule has 0 fully saturated rings. The topological polar surface area (TPSA) is 54.0 Å². The van der Waals surface area contributed by atoms with Gasteiger partial charge < -0.3 is 18.9 Å². The summed E-state index contributed by atoms with van der Waals surface area (Å²) >= 11 is 0. The largest absolute Gasteiger partial charge is 0.493 e. The molecule has 0 heterocycles. The summed E-state index contributed by atoms with van der Waals surface area (Å²) in [4.78, 5) is 12.3. The van der Waals surface area contributed by atoms with E-state index in [1.165, 1.54) is 7.11 Å². The lowest BCUT2D eigenvalue weighted by Crippen LogP contribution is -2.31. The summed E-state index contributed by atoms with van der Waals surface area (Å²) < 4.78 is 21.7. The lowest BCUT2D eigenvalue weighted by molar-refractivity contribution is -0.151. The zero-order chi connectivity index (χ0) is 17.4. The fourth-order valence-corrected chi connectivity index (χ4v) is 2.34. The Bertz CT molecular complexity index is 654. The molecule has 2 aromatic carbocycles. The highest BCUT2D eigenvalue weighted by Gasteiger charge is 2.24. The van der Waals surface area contributed by atoms with Crippen molar-refractivity contribution in [2.45, 2.75) is 19.4 Å². The van der Waals surface area contributed by atoms with Crippen LogP contribution < -0.4 is 14.2 Å². The number of carbonyl (C=O) groups excluding carboxylic acids is 1. The van der Waals surface area contributed by atoms with Gasteiger partial charge in [-0.05, 0) is 24.6 Å². The Kier molecular flexibility index (Phi) is 6.49. The Morgan fingerprint density at radius 3 is 2.29 bits per heavy atom. The summed E-state index contributed by atoms with van der Waals surface area (Å²) in [7, 11) is 3.08. The molecule has 0 saturated heterocycles. The first-order valence-electron chi connectivity index (χ1n) is 7.77. The van der Waals surface area contributed by atoms with E-state index >= 15 is 0 Å². The number of benzene rings is 2. The van der Waals surface area contributed by atoms with Gasteiger partial charge in [0.15, 0.2) is 17.6 Å². The minimum atomic E-state index is -0.770. The van der Waals surface area contributed by atoms with E-state index in [4.69, 9.17) is 18.9 Å². The summed E-state index contributed by atoms with van der Waals surface area (Å²) in [5, 5.41) is 0. The molecule has 5 nitrogen and oxygen atoms in total. The Hall–Kier alpha value is -2.69. The molecule has 0 aliphatic carbocycles. The number of methoxy groups -OCH3 is 2. The van der Waals surface area contributed by atoms with Crippen molar-refractivity contribution in [2.75, 3.05) is 20.8 Å². The van der Waals surface area contributed by atoms with Gasteiger partial charge >= 0.3 is 5.97 Å². The molecule has 1 atom stereocenters. The minimum absolute atomic E-state index is 0.294. The molecule has 1 unspecified atom stereocenters. The van der Waals surface area contributed by atoms with Crippen LogP contribution in [0.25, 0.3) is 0 Å². The van der Waals surface area contributed by atoms with Gasteiger partial charge in [0.1, 0.15) is 0 Å². The molecule has 0 N–H and O–H groups in total. The molecule has 128 valence electrons. The highest BCUT2D eigenvalue weighted by Crippen LogP contribution is 2.37. The lowest BCUT2D eigenvalue weighted by atomic mass is 10.1. The molecule has 0 radical (unpaired) electrons. The maximum Gasteiger partial charge on any atom is 0.347 e. The van der Waals surface area contributed by atoms with Crippen molar-refractivity contribution >= 4 is 5.97 Å². The molecule has 0 aromatic heterocycles. The summed E-state index contributed by atoms with van der Waals surface area (Å²) in [6, 6.07) is 14.9. The minimum Gasteiger partial charge on any atom is -0.493 e. The van der Waals surface area contributed by atoms with Gasteiger partial charge in [-0.25, -0.2) is 4.79 Å². The lowest BCUT2D eigenvalue weighted by Gasteiger charge is -2.20. The fourth-order valence-electron chi connectivity index (χ4n) is 2.34. The van der Waals surface area contributed by atoms with Gasteiger partial charge in [-0.3, -0.25) is 0 Å². The first kappa shape index (κ1) is 17.7. The second-order valence-electron chi connectivity index (χ2n) is 5.04. The van der Waals surface area contributed by atoms with Crippen LogP contribution in [-0.4, -0.2) is 32.9 Å². The van der Waals surface area contributed by atoms with Gasteiger partial charge in [-0.2, -0.15) is 0 Å². The number of ether oxygens (including phenoxy) is 4. The molecule has 2 aromatic rings. The third kappa shape index (κ3) is 4.41. The Morgan fingerprint density at radius 2 is 1.67 bits per heavy atom. The number of para-hydroxylation sites is 1. The molecule has 2 rings (SSSR count). The number of rotatable bonds is 8. The first-order valence-corrected chi connectivity index (χ1v) is 7.77. The Balaban J connectivity index is 2.26. The average molecular weight is 330 g/mol. The maximum absolute atomic E-state index is 12.3. The van der Waals surface area contributed by atoms with Crippen molar-refractivity contribution in [1.29, 1.82) is 0 Å². The van der Waals surface area contributed by atoms with Crippen molar-refractivity contribution in [3.63, 3.8) is 0 Å². The fraction of sp³-hybridized carbons (Fsp3) is 0.316. The summed E-state index contributed by atoms with van der Waals surface area (Å²) in [5.74, 6) is 1.01. The van der Waals surface area contributed by atoms with Gasteiger partial charge in [0.05, 0.1) is 20.8 Å². The zero-order valence-electron chi connectivity index (χ0n) is 14.2. The van der Waals surface area contributed by atoms with Crippen molar-refractivity contribution in [3.05, 3.63) is 54.1 Å². The highest BCUT2D eigenvalue weighted by atomic mass is 16.6. The summed E-state index contributed by atoms with van der Waals surface area (Å²) in [6.07, 6.45) is -0.367. The van der Waals surface area contributed by atoms with Crippen LogP contribution in [0.15, 0.2) is 48.5 Å². The first-order chi connectivity index (χ1) is 11.7. The number of hydrogen-bond acceptors (Lipinski definition) is 5. The van der Waals surface area contributed by atoms with Crippen LogP contribution in [-0.2, 0) is 16.0 Å². The molecule has 24 heavy (non-hydrogen) atoms. The van der Waals surface area contributed by atoms with Crippen LogP contribution >= 0.6 is 0 Å².